The number of nitrogens with two attached hydrogens (primary N) is 1. The number of anilines is 1. The fourth-order valence-electron chi connectivity index (χ4n) is 1.25. The lowest BCUT2D eigenvalue weighted by atomic mass is 10.3. The molecule has 0 unspecified atom stereocenters. The predicted octanol–water partition coefficient (Wildman–Crippen LogP) is 2.27. The first-order chi connectivity index (χ1) is 9.19. The molecule has 2 aromatic heterocycles. The van der Waals surface area contributed by atoms with Crippen molar-refractivity contribution in [3.8, 4) is 11.8 Å². The summed E-state index contributed by atoms with van der Waals surface area (Å²) >= 11 is 5.03. The molecule has 0 aliphatic carbocycles. The summed E-state index contributed by atoms with van der Waals surface area (Å²) in [5.41, 5.74) is 6.39. The van der Waals surface area contributed by atoms with E-state index in [9.17, 15) is 0 Å². The Morgan fingerprint density at radius 2 is 2.26 bits per heavy atom. The summed E-state index contributed by atoms with van der Waals surface area (Å²) in [6.45, 7) is 0.401. The minimum Gasteiger partial charge on any atom is -0.353 e. The van der Waals surface area contributed by atoms with Crippen LogP contribution in [0.3, 0.4) is 0 Å². The van der Waals surface area contributed by atoms with Crippen molar-refractivity contribution < 1.29 is 0 Å². The Kier molecular flexibility index (Phi) is 5.22. The number of nitrogens with zero attached hydrogens (tertiary/aromatic N) is 3. The fraction of sp³-hybridized carbons (Fsp3) is 0.333. The van der Waals surface area contributed by atoms with Gasteiger partial charge in [0.2, 0.25) is 5.13 Å². The van der Waals surface area contributed by atoms with Gasteiger partial charge < -0.3 is 10.6 Å². The molecule has 2 rings (SSSR count). The number of hydrogen-bond acceptors (Lipinski definition) is 7. The maximum Gasteiger partial charge on any atom is 0.208 e. The van der Waals surface area contributed by atoms with Crippen molar-refractivity contribution in [3.63, 3.8) is 0 Å². The zero-order valence-corrected chi connectivity index (χ0v) is 13.2. The maximum absolute atomic E-state index is 5.35. The molecule has 0 fully saturated rings. The molecule has 0 atom stereocenters. The molecule has 7 heteroatoms. The molecule has 2 N–H and O–H groups in total. The third-order valence-electron chi connectivity index (χ3n) is 2.10. The first-order valence-corrected chi connectivity index (χ1v) is 8.27. The SMILES string of the molecule is CN(C)c1nnc(SCc2cc(C#CCN)cs2)s1. The van der Waals surface area contributed by atoms with E-state index in [0.29, 0.717) is 6.54 Å². The summed E-state index contributed by atoms with van der Waals surface area (Å²) < 4.78 is 0.992. The second kappa shape index (κ2) is 6.91. The van der Waals surface area contributed by atoms with Crippen LogP contribution in [0.5, 0.6) is 0 Å². The van der Waals surface area contributed by atoms with Crippen LogP contribution in [0.1, 0.15) is 10.4 Å². The number of thiophene rings is 1. The lowest BCUT2D eigenvalue weighted by Gasteiger charge is -2.03. The Morgan fingerprint density at radius 1 is 1.42 bits per heavy atom. The minimum absolute atomic E-state index is 0.401. The van der Waals surface area contributed by atoms with Crippen LogP contribution in [0, 0.1) is 11.8 Å². The molecule has 2 aromatic rings. The molecular formula is C12H14N4S3. The van der Waals surface area contributed by atoms with Gasteiger partial charge in [0, 0.05) is 35.7 Å². The Balaban J connectivity index is 1.92. The molecule has 0 saturated carbocycles. The van der Waals surface area contributed by atoms with Gasteiger partial charge in [0.25, 0.3) is 0 Å². The van der Waals surface area contributed by atoms with Crippen molar-refractivity contribution in [1.82, 2.24) is 10.2 Å². The van der Waals surface area contributed by atoms with E-state index in [4.69, 9.17) is 5.73 Å². The average Bonchev–Trinajstić information content (AvgIpc) is 3.03. The van der Waals surface area contributed by atoms with Gasteiger partial charge >= 0.3 is 0 Å². The predicted molar refractivity (Wildman–Crippen MR) is 84.0 cm³/mol. The lowest BCUT2D eigenvalue weighted by Crippen LogP contribution is -2.07. The molecule has 0 aliphatic heterocycles. The van der Waals surface area contributed by atoms with E-state index in [-0.39, 0.29) is 0 Å². The monoisotopic (exact) mass is 310 g/mol. The molecule has 0 radical (unpaired) electrons. The first kappa shape index (κ1) is 14.3. The van der Waals surface area contributed by atoms with E-state index in [1.54, 1.807) is 34.4 Å². The van der Waals surface area contributed by atoms with Gasteiger partial charge in [-0.3, -0.25) is 0 Å². The minimum atomic E-state index is 0.401. The van der Waals surface area contributed by atoms with E-state index in [1.165, 1.54) is 4.88 Å². The van der Waals surface area contributed by atoms with Crippen LogP contribution in [0.25, 0.3) is 0 Å². The van der Waals surface area contributed by atoms with Gasteiger partial charge in [0.05, 0.1) is 6.54 Å². The smallest absolute Gasteiger partial charge is 0.208 e. The Morgan fingerprint density at radius 3 is 2.95 bits per heavy atom. The van der Waals surface area contributed by atoms with E-state index in [2.05, 4.69) is 33.5 Å². The van der Waals surface area contributed by atoms with Gasteiger partial charge in [0.1, 0.15) is 0 Å². The standard InChI is InChI=1S/C12H14N4S3/c1-16(2)11-14-15-12(19-11)18-8-10-6-9(7-17-10)4-3-5-13/h6-7H,5,8,13H2,1-2H3. The van der Waals surface area contributed by atoms with Gasteiger partial charge in [0.15, 0.2) is 4.34 Å². The van der Waals surface area contributed by atoms with Crippen LogP contribution in [0.4, 0.5) is 5.13 Å². The molecule has 0 aromatic carbocycles. The summed E-state index contributed by atoms with van der Waals surface area (Å²) in [7, 11) is 3.94. The van der Waals surface area contributed by atoms with Crippen LogP contribution in [0.15, 0.2) is 15.8 Å². The van der Waals surface area contributed by atoms with Crippen LogP contribution in [-0.4, -0.2) is 30.8 Å². The number of thioether (sulfide) groups is 1. The molecular weight excluding hydrogens is 296 g/mol. The molecule has 19 heavy (non-hydrogen) atoms. The van der Waals surface area contributed by atoms with Crippen molar-refractivity contribution in [2.75, 3.05) is 25.5 Å². The Bertz CT molecular complexity index is 591. The van der Waals surface area contributed by atoms with Gasteiger partial charge in [-0.25, -0.2) is 0 Å². The lowest BCUT2D eigenvalue weighted by molar-refractivity contribution is 0.973. The summed E-state index contributed by atoms with van der Waals surface area (Å²) in [4.78, 5) is 3.25. The van der Waals surface area contributed by atoms with Gasteiger partial charge in [-0.1, -0.05) is 34.9 Å². The highest BCUT2D eigenvalue weighted by Crippen LogP contribution is 2.30. The van der Waals surface area contributed by atoms with E-state index in [0.717, 1.165) is 20.8 Å². The van der Waals surface area contributed by atoms with Crippen molar-refractivity contribution in [2.45, 2.75) is 10.1 Å². The number of rotatable bonds is 4. The van der Waals surface area contributed by atoms with Gasteiger partial charge in [-0.05, 0) is 6.07 Å². The molecule has 0 bridgehead atoms. The fourth-order valence-corrected chi connectivity index (χ4v) is 3.88. The average molecular weight is 310 g/mol. The largest absolute Gasteiger partial charge is 0.353 e. The van der Waals surface area contributed by atoms with Crippen LogP contribution in [-0.2, 0) is 5.75 Å². The second-order valence-corrected chi connectivity index (χ2v) is 7.02. The normalized spacial score (nSPS) is 10.1. The number of aromatic nitrogens is 2. The second-order valence-electron chi connectivity index (χ2n) is 3.84. The highest BCUT2D eigenvalue weighted by atomic mass is 32.2. The van der Waals surface area contributed by atoms with Crippen molar-refractivity contribution in [1.29, 1.82) is 0 Å². The Labute approximate surface area is 125 Å². The maximum atomic E-state index is 5.35. The zero-order valence-electron chi connectivity index (χ0n) is 10.7. The van der Waals surface area contributed by atoms with Crippen LogP contribution in [0.2, 0.25) is 0 Å². The molecule has 0 aliphatic rings. The molecule has 2 heterocycles. The summed E-state index contributed by atoms with van der Waals surface area (Å²) in [5.74, 6) is 6.80. The molecule has 0 spiro atoms. The molecule has 0 saturated heterocycles. The van der Waals surface area contributed by atoms with Crippen molar-refractivity contribution in [3.05, 3.63) is 21.9 Å². The van der Waals surface area contributed by atoms with Gasteiger partial charge in [-0.15, -0.1) is 21.5 Å². The topological polar surface area (TPSA) is 55.0 Å². The summed E-state index contributed by atoms with van der Waals surface area (Å²) in [6, 6.07) is 2.11. The Hall–Kier alpha value is -1.07. The third kappa shape index (κ3) is 4.21. The highest BCUT2D eigenvalue weighted by Gasteiger charge is 2.07. The zero-order chi connectivity index (χ0) is 13.7. The van der Waals surface area contributed by atoms with Gasteiger partial charge in [-0.2, -0.15) is 0 Å². The first-order valence-electron chi connectivity index (χ1n) is 5.59. The number of hydrogen-bond donors (Lipinski definition) is 1. The van der Waals surface area contributed by atoms with Crippen molar-refractivity contribution >= 4 is 39.6 Å². The van der Waals surface area contributed by atoms with E-state index >= 15 is 0 Å². The van der Waals surface area contributed by atoms with E-state index < -0.39 is 0 Å². The van der Waals surface area contributed by atoms with Crippen LogP contribution >= 0.6 is 34.4 Å². The van der Waals surface area contributed by atoms with Crippen molar-refractivity contribution in [2.24, 2.45) is 5.73 Å². The third-order valence-corrected chi connectivity index (χ3v) is 5.50. The molecule has 4 nitrogen and oxygen atoms in total. The molecule has 0 amide bonds. The highest BCUT2D eigenvalue weighted by molar-refractivity contribution is 8.00. The van der Waals surface area contributed by atoms with E-state index in [1.807, 2.05) is 19.0 Å². The summed E-state index contributed by atoms with van der Waals surface area (Å²) in [5, 5.41) is 11.3. The quantitative estimate of drug-likeness (QED) is 0.693. The summed E-state index contributed by atoms with van der Waals surface area (Å²) in [6.07, 6.45) is 0. The molecule has 100 valence electrons. The van der Waals surface area contributed by atoms with Crippen LogP contribution < -0.4 is 10.6 Å².